The van der Waals surface area contributed by atoms with Crippen LogP contribution >= 0.6 is 7.14 Å². The molecule has 3 aromatic carbocycles. The predicted octanol–water partition coefficient (Wildman–Crippen LogP) is 7.49. The maximum atomic E-state index is 12.5. The topological polar surface area (TPSA) is 30.2 Å². The highest BCUT2D eigenvalue weighted by Crippen LogP contribution is 2.47. The molecule has 0 bridgehead atoms. The summed E-state index contributed by atoms with van der Waals surface area (Å²) in [5.74, 6) is 1.34. The highest BCUT2D eigenvalue weighted by Gasteiger charge is 2.28. The molecular weight excluding hydrogens is 399 g/mol. The summed E-state index contributed by atoms with van der Waals surface area (Å²) in [6.07, 6.45) is 12.1. The molecular formula is C28H23O2P. The standard InChI is InChI=1S/C28H23O2P/c1-31(2,29)21-14-11-19(12-15-21)24-17-20-8-4-6-10-23(20)27-26-22-9-5-3-7-18(22)13-16-25(26)30-28(24)27/h3-6,8-18H,7H2,1-2H3. The van der Waals surface area contributed by atoms with E-state index in [4.69, 9.17) is 4.42 Å². The van der Waals surface area contributed by atoms with Crippen molar-refractivity contribution in [3.05, 3.63) is 90.2 Å². The molecule has 0 radical (unpaired) electrons. The highest BCUT2D eigenvalue weighted by atomic mass is 31.2. The maximum absolute atomic E-state index is 12.5. The van der Waals surface area contributed by atoms with E-state index in [2.05, 4.69) is 72.8 Å². The van der Waals surface area contributed by atoms with E-state index < -0.39 is 7.14 Å². The Hall–Kier alpha value is -3.09. The van der Waals surface area contributed by atoms with Crippen LogP contribution in [-0.2, 0) is 4.57 Å². The van der Waals surface area contributed by atoms with Crippen LogP contribution < -0.4 is 5.30 Å². The summed E-state index contributed by atoms with van der Waals surface area (Å²) >= 11 is 0. The van der Waals surface area contributed by atoms with E-state index in [9.17, 15) is 4.57 Å². The molecule has 152 valence electrons. The SMILES string of the molecule is CP(C)(=O)c1ccc(-c2cc3ccccc3c3c4c(oc23)C=CC2CC=CC=C42)cc1. The van der Waals surface area contributed by atoms with Gasteiger partial charge in [-0.25, -0.2) is 0 Å². The molecule has 1 atom stereocenters. The van der Waals surface area contributed by atoms with E-state index in [1.807, 2.05) is 25.5 Å². The first kappa shape index (κ1) is 18.7. The van der Waals surface area contributed by atoms with Crippen LogP contribution in [-0.4, -0.2) is 13.3 Å². The molecule has 31 heavy (non-hydrogen) atoms. The zero-order valence-corrected chi connectivity index (χ0v) is 18.5. The fourth-order valence-electron chi connectivity index (χ4n) is 4.89. The molecule has 0 fully saturated rings. The van der Waals surface area contributed by atoms with E-state index >= 15 is 0 Å². The normalized spacial score (nSPS) is 17.6. The van der Waals surface area contributed by atoms with Gasteiger partial charge >= 0.3 is 0 Å². The van der Waals surface area contributed by atoms with Crippen molar-refractivity contribution in [2.75, 3.05) is 13.3 Å². The Morgan fingerprint density at radius 3 is 2.65 bits per heavy atom. The minimum atomic E-state index is -2.28. The lowest BCUT2D eigenvalue weighted by molar-refractivity contribution is 0.588. The summed E-state index contributed by atoms with van der Waals surface area (Å²) in [5.41, 5.74) is 5.65. The second-order valence-electron chi connectivity index (χ2n) is 8.84. The van der Waals surface area contributed by atoms with Crippen molar-refractivity contribution < 1.29 is 8.98 Å². The van der Waals surface area contributed by atoms with E-state index in [1.54, 1.807) is 0 Å². The summed E-state index contributed by atoms with van der Waals surface area (Å²) < 4.78 is 19.0. The first-order valence-corrected chi connectivity index (χ1v) is 13.3. The van der Waals surface area contributed by atoms with Crippen molar-refractivity contribution in [1.29, 1.82) is 0 Å². The molecule has 0 spiro atoms. The van der Waals surface area contributed by atoms with E-state index in [0.717, 1.165) is 34.2 Å². The molecule has 0 saturated heterocycles. The molecule has 0 aliphatic heterocycles. The van der Waals surface area contributed by atoms with Crippen molar-refractivity contribution in [1.82, 2.24) is 0 Å². The van der Waals surface area contributed by atoms with Crippen LogP contribution in [0.2, 0.25) is 0 Å². The molecule has 4 aromatic rings. The van der Waals surface area contributed by atoms with Crippen LogP contribution in [0.5, 0.6) is 0 Å². The zero-order valence-electron chi connectivity index (χ0n) is 17.6. The van der Waals surface area contributed by atoms with Gasteiger partial charge in [0.15, 0.2) is 0 Å². The Balaban J connectivity index is 1.68. The minimum Gasteiger partial charge on any atom is -0.455 e. The molecule has 3 heteroatoms. The number of furan rings is 1. The third kappa shape index (κ3) is 2.90. The van der Waals surface area contributed by atoms with Crippen molar-refractivity contribution >= 4 is 45.8 Å². The average Bonchev–Trinajstić information content (AvgIpc) is 3.18. The van der Waals surface area contributed by atoms with Gasteiger partial charge in [-0.15, -0.1) is 0 Å². The Morgan fingerprint density at radius 1 is 1.03 bits per heavy atom. The molecule has 2 aliphatic rings. The van der Waals surface area contributed by atoms with Crippen LogP contribution in [0.25, 0.3) is 44.5 Å². The van der Waals surface area contributed by atoms with Crippen LogP contribution in [0.3, 0.4) is 0 Å². The average molecular weight is 422 g/mol. The minimum absolute atomic E-state index is 0.406. The van der Waals surface area contributed by atoms with Crippen LogP contribution in [0.1, 0.15) is 17.7 Å². The van der Waals surface area contributed by atoms with Gasteiger partial charge in [0, 0.05) is 27.7 Å². The van der Waals surface area contributed by atoms with Crippen LogP contribution in [0.4, 0.5) is 0 Å². The monoisotopic (exact) mass is 422 g/mol. The van der Waals surface area contributed by atoms with Gasteiger partial charge in [-0.05, 0) is 53.8 Å². The molecule has 0 saturated carbocycles. The van der Waals surface area contributed by atoms with Crippen molar-refractivity contribution in [3.63, 3.8) is 0 Å². The fraction of sp³-hybridized carbons (Fsp3) is 0.143. The van der Waals surface area contributed by atoms with Crippen LogP contribution in [0, 0.1) is 5.92 Å². The van der Waals surface area contributed by atoms with Crippen LogP contribution in [0.15, 0.2) is 83.3 Å². The number of hydrogen-bond acceptors (Lipinski definition) is 2. The van der Waals surface area contributed by atoms with Gasteiger partial charge in [0.2, 0.25) is 0 Å². The lowest BCUT2D eigenvalue weighted by atomic mass is 9.81. The smallest absolute Gasteiger partial charge is 0.143 e. The summed E-state index contributed by atoms with van der Waals surface area (Å²) in [6, 6.07) is 18.9. The molecule has 0 amide bonds. The Kier molecular flexibility index (Phi) is 4.04. The van der Waals surface area contributed by atoms with Gasteiger partial charge < -0.3 is 8.98 Å². The molecule has 6 rings (SSSR count). The molecule has 1 heterocycles. The molecule has 2 aliphatic carbocycles. The summed E-state index contributed by atoms with van der Waals surface area (Å²) in [4.78, 5) is 0. The Bertz CT molecular complexity index is 1490. The maximum Gasteiger partial charge on any atom is 0.143 e. The van der Waals surface area contributed by atoms with E-state index in [-0.39, 0.29) is 0 Å². The Labute approximate surface area is 182 Å². The lowest BCUT2D eigenvalue weighted by Gasteiger charge is -2.22. The Morgan fingerprint density at radius 2 is 1.84 bits per heavy atom. The summed E-state index contributed by atoms with van der Waals surface area (Å²) in [5, 5.41) is 4.52. The van der Waals surface area contributed by atoms with E-state index in [0.29, 0.717) is 5.92 Å². The van der Waals surface area contributed by atoms with Gasteiger partial charge in [0.1, 0.15) is 18.5 Å². The quantitative estimate of drug-likeness (QED) is 0.313. The molecule has 1 unspecified atom stereocenters. The van der Waals surface area contributed by atoms with Gasteiger partial charge in [0.05, 0.1) is 0 Å². The van der Waals surface area contributed by atoms with Gasteiger partial charge in [-0.2, -0.15) is 0 Å². The van der Waals surface area contributed by atoms with Gasteiger partial charge in [-0.1, -0.05) is 72.8 Å². The zero-order chi connectivity index (χ0) is 21.2. The lowest BCUT2D eigenvalue weighted by Crippen LogP contribution is -2.06. The third-order valence-corrected chi connectivity index (χ3v) is 8.02. The number of rotatable bonds is 2. The predicted molar refractivity (Wildman–Crippen MR) is 133 cm³/mol. The number of benzene rings is 3. The largest absolute Gasteiger partial charge is 0.455 e. The third-order valence-electron chi connectivity index (χ3n) is 6.48. The van der Waals surface area contributed by atoms with Gasteiger partial charge in [-0.3, -0.25) is 0 Å². The van der Waals surface area contributed by atoms with Gasteiger partial charge in [0.25, 0.3) is 0 Å². The molecule has 1 aromatic heterocycles. The van der Waals surface area contributed by atoms with Crippen molar-refractivity contribution in [3.8, 4) is 11.1 Å². The first-order chi connectivity index (χ1) is 15.0. The van der Waals surface area contributed by atoms with Crippen molar-refractivity contribution in [2.24, 2.45) is 5.92 Å². The van der Waals surface area contributed by atoms with Crippen molar-refractivity contribution in [2.45, 2.75) is 6.42 Å². The number of hydrogen-bond donors (Lipinski definition) is 0. The highest BCUT2D eigenvalue weighted by molar-refractivity contribution is 7.70. The second-order valence-corrected chi connectivity index (χ2v) is 12.1. The first-order valence-electron chi connectivity index (χ1n) is 10.7. The number of allylic oxidation sites excluding steroid dienone is 5. The fourth-order valence-corrected chi connectivity index (χ4v) is 5.75. The second kappa shape index (κ2) is 6.70. The molecule has 0 N–H and O–H groups in total. The van der Waals surface area contributed by atoms with E-state index in [1.165, 1.54) is 27.3 Å². The summed E-state index contributed by atoms with van der Waals surface area (Å²) in [6.45, 7) is 3.62. The molecule has 2 nitrogen and oxygen atoms in total. The summed E-state index contributed by atoms with van der Waals surface area (Å²) in [7, 11) is -2.28. The number of fused-ring (bicyclic) bond motifs is 7.